The number of para-hydroxylation sites is 2. The van der Waals surface area contributed by atoms with Crippen LogP contribution in [0.25, 0.3) is 16.7 Å². The van der Waals surface area contributed by atoms with Crippen molar-refractivity contribution in [3.8, 4) is 5.69 Å². The highest BCUT2D eigenvalue weighted by Gasteiger charge is 2.15. The van der Waals surface area contributed by atoms with Gasteiger partial charge in [-0.15, -0.1) is 11.6 Å². The molecule has 0 saturated carbocycles. The van der Waals surface area contributed by atoms with Gasteiger partial charge in [-0.25, -0.2) is 4.98 Å². The number of halogens is 3. The zero-order valence-corrected chi connectivity index (χ0v) is 13.6. The number of hydrogen-bond donors (Lipinski definition) is 0. The molecule has 0 aliphatic heterocycles. The minimum Gasteiger partial charge on any atom is -0.295 e. The van der Waals surface area contributed by atoms with Crippen LogP contribution in [0, 0.1) is 0 Å². The van der Waals surface area contributed by atoms with Crippen LogP contribution in [0.4, 0.5) is 0 Å². The Morgan fingerprint density at radius 3 is 2.65 bits per heavy atom. The largest absolute Gasteiger partial charge is 0.295 e. The summed E-state index contributed by atoms with van der Waals surface area (Å²) < 4.78 is 3.11. The van der Waals surface area contributed by atoms with Gasteiger partial charge in [0.25, 0.3) is 0 Å². The maximum Gasteiger partial charge on any atom is 0.115 e. The van der Waals surface area contributed by atoms with Gasteiger partial charge in [0.15, 0.2) is 0 Å². The number of rotatable bonds is 3. The van der Waals surface area contributed by atoms with Gasteiger partial charge in [0.2, 0.25) is 0 Å². The number of nitrogens with zero attached hydrogens (tertiary/aromatic N) is 2. The molecule has 0 amide bonds. The smallest absolute Gasteiger partial charge is 0.115 e. The van der Waals surface area contributed by atoms with Gasteiger partial charge in [-0.3, -0.25) is 4.57 Å². The van der Waals surface area contributed by atoms with Crippen molar-refractivity contribution in [2.45, 2.75) is 6.42 Å². The number of hydrogen-bond acceptors (Lipinski definition) is 1. The van der Waals surface area contributed by atoms with E-state index in [-0.39, 0.29) is 0 Å². The van der Waals surface area contributed by atoms with Crippen LogP contribution in [0.1, 0.15) is 5.82 Å². The van der Waals surface area contributed by atoms with Gasteiger partial charge in [0, 0.05) is 16.8 Å². The molecule has 3 aromatic rings. The average molecular weight is 370 g/mol. The minimum absolute atomic E-state index is 0.519. The third-order valence-corrected chi connectivity index (χ3v) is 4.28. The monoisotopic (exact) mass is 368 g/mol. The second kappa shape index (κ2) is 5.76. The van der Waals surface area contributed by atoms with Gasteiger partial charge in [0.05, 0.1) is 16.2 Å². The van der Waals surface area contributed by atoms with Crippen molar-refractivity contribution in [3.05, 3.63) is 57.8 Å². The Labute approximate surface area is 135 Å². The first-order valence-electron chi connectivity index (χ1n) is 6.19. The molecule has 2 nitrogen and oxygen atoms in total. The summed E-state index contributed by atoms with van der Waals surface area (Å²) in [4.78, 5) is 4.65. The van der Waals surface area contributed by atoms with Crippen LogP contribution in [0.3, 0.4) is 0 Å². The van der Waals surface area contributed by atoms with E-state index in [1.54, 1.807) is 0 Å². The molecule has 0 spiro atoms. The lowest BCUT2D eigenvalue weighted by Gasteiger charge is -2.10. The lowest BCUT2D eigenvalue weighted by atomic mass is 10.2. The molecule has 5 heteroatoms. The van der Waals surface area contributed by atoms with Gasteiger partial charge in [-0.1, -0.05) is 29.8 Å². The number of alkyl halides is 1. The maximum atomic E-state index is 6.25. The fourth-order valence-corrected chi connectivity index (χ4v) is 3.11. The number of benzene rings is 2. The Morgan fingerprint density at radius 2 is 1.90 bits per heavy atom. The normalized spacial score (nSPS) is 11.2. The molecule has 1 aromatic heterocycles. The van der Waals surface area contributed by atoms with Crippen LogP contribution in [-0.4, -0.2) is 15.4 Å². The summed E-state index contributed by atoms with van der Waals surface area (Å²) in [5.41, 5.74) is 2.84. The van der Waals surface area contributed by atoms with Gasteiger partial charge >= 0.3 is 0 Å². The number of aromatic nitrogens is 2. The zero-order valence-electron chi connectivity index (χ0n) is 10.5. The van der Waals surface area contributed by atoms with E-state index in [2.05, 4.69) is 25.5 Å². The quantitative estimate of drug-likeness (QED) is 0.578. The first kappa shape index (κ1) is 13.9. The molecule has 102 valence electrons. The predicted octanol–water partition coefficient (Wildman–Crippen LogP) is 5.22. The number of fused-ring (bicyclic) bond motifs is 1. The molecular formula is C15H11BrCl2N2. The summed E-state index contributed by atoms with van der Waals surface area (Å²) in [6.07, 6.45) is 0.688. The molecule has 0 radical (unpaired) electrons. The molecule has 0 unspecified atom stereocenters. The summed E-state index contributed by atoms with van der Waals surface area (Å²) in [6, 6.07) is 13.9. The first-order valence-corrected chi connectivity index (χ1v) is 7.89. The summed E-state index contributed by atoms with van der Waals surface area (Å²) in [7, 11) is 0. The van der Waals surface area contributed by atoms with E-state index in [0.717, 1.165) is 27.0 Å². The summed E-state index contributed by atoms with van der Waals surface area (Å²) in [6.45, 7) is 0. The standard InChI is InChI=1S/C15H11BrCl2N2/c16-10-4-1-2-6-12(10)20-13-7-3-5-11(18)15(13)19-14(20)8-9-17/h1-7H,8-9H2. The molecule has 20 heavy (non-hydrogen) atoms. The predicted molar refractivity (Wildman–Crippen MR) is 88.2 cm³/mol. The van der Waals surface area contributed by atoms with Crippen molar-refractivity contribution in [1.29, 1.82) is 0 Å². The van der Waals surface area contributed by atoms with Crippen molar-refractivity contribution in [3.63, 3.8) is 0 Å². The van der Waals surface area contributed by atoms with Crippen LogP contribution in [0.15, 0.2) is 46.9 Å². The van der Waals surface area contributed by atoms with E-state index in [9.17, 15) is 0 Å². The van der Waals surface area contributed by atoms with Crippen LogP contribution in [0.5, 0.6) is 0 Å². The van der Waals surface area contributed by atoms with E-state index >= 15 is 0 Å². The molecule has 3 rings (SSSR count). The second-order valence-electron chi connectivity index (χ2n) is 4.36. The highest BCUT2D eigenvalue weighted by molar-refractivity contribution is 9.10. The Morgan fingerprint density at radius 1 is 1.10 bits per heavy atom. The van der Waals surface area contributed by atoms with E-state index in [4.69, 9.17) is 23.2 Å². The van der Waals surface area contributed by atoms with Gasteiger partial charge in [-0.2, -0.15) is 0 Å². The fourth-order valence-electron chi connectivity index (χ4n) is 2.27. The van der Waals surface area contributed by atoms with Crippen molar-refractivity contribution in [1.82, 2.24) is 9.55 Å². The third-order valence-electron chi connectivity index (χ3n) is 3.12. The fraction of sp³-hybridized carbons (Fsp3) is 0.133. The maximum absolute atomic E-state index is 6.25. The molecule has 0 N–H and O–H groups in total. The number of imidazole rings is 1. The highest BCUT2D eigenvalue weighted by Crippen LogP contribution is 2.30. The topological polar surface area (TPSA) is 17.8 Å². The molecule has 0 aliphatic carbocycles. The van der Waals surface area contributed by atoms with Gasteiger partial charge in [-0.05, 0) is 40.2 Å². The summed E-state index contributed by atoms with van der Waals surface area (Å²) >= 11 is 15.7. The van der Waals surface area contributed by atoms with E-state index in [1.807, 2.05) is 42.5 Å². The van der Waals surface area contributed by atoms with Crippen molar-refractivity contribution in [2.75, 3.05) is 5.88 Å². The van der Waals surface area contributed by atoms with Gasteiger partial charge in [0.1, 0.15) is 11.3 Å². The Kier molecular flexibility index (Phi) is 4.01. The Bertz CT molecular complexity index is 768. The lowest BCUT2D eigenvalue weighted by Crippen LogP contribution is -2.02. The summed E-state index contributed by atoms with van der Waals surface area (Å²) in [5, 5.41) is 0.657. The van der Waals surface area contributed by atoms with E-state index in [1.165, 1.54) is 0 Å². The van der Waals surface area contributed by atoms with Crippen molar-refractivity contribution in [2.24, 2.45) is 0 Å². The third kappa shape index (κ3) is 2.34. The van der Waals surface area contributed by atoms with Crippen LogP contribution < -0.4 is 0 Å². The first-order chi connectivity index (χ1) is 9.72. The van der Waals surface area contributed by atoms with Crippen molar-refractivity contribution < 1.29 is 0 Å². The molecule has 0 saturated heterocycles. The van der Waals surface area contributed by atoms with E-state index < -0.39 is 0 Å². The average Bonchev–Trinajstić information content (AvgIpc) is 2.80. The molecule has 2 aromatic carbocycles. The van der Waals surface area contributed by atoms with Crippen LogP contribution in [0.2, 0.25) is 5.02 Å². The van der Waals surface area contributed by atoms with Crippen LogP contribution >= 0.6 is 39.1 Å². The highest BCUT2D eigenvalue weighted by atomic mass is 79.9. The van der Waals surface area contributed by atoms with E-state index in [0.29, 0.717) is 17.3 Å². The Balaban J connectivity index is 2.35. The Hall–Kier alpha value is -1.03. The SMILES string of the molecule is ClCCc1nc2c(Cl)cccc2n1-c1ccccc1Br. The molecule has 1 heterocycles. The van der Waals surface area contributed by atoms with Crippen LogP contribution in [-0.2, 0) is 6.42 Å². The molecule has 0 fully saturated rings. The number of aryl methyl sites for hydroxylation is 1. The molecule has 0 atom stereocenters. The van der Waals surface area contributed by atoms with Crippen molar-refractivity contribution >= 4 is 50.2 Å². The zero-order chi connectivity index (χ0) is 14.1. The van der Waals surface area contributed by atoms with Gasteiger partial charge < -0.3 is 0 Å². The second-order valence-corrected chi connectivity index (χ2v) is 6.00. The lowest BCUT2D eigenvalue weighted by molar-refractivity contribution is 0.909. The molecule has 0 aliphatic rings. The molecule has 0 bridgehead atoms. The summed E-state index contributed by atoms with van der Waals surface area (Å²) in [5.74, 6) is 1.43. The minimum atomic E-state index is 0.519. The molecular weight excluding hydrogens is 359 g/mol.